The van der Waals surface area contributed by atoms with Crippen LogP contribution in [0.4, 0.5) is 13.2 Å². The Labute approximate surface area is 141 Å². The molecule has 0 saturated heterocycles. The van der Waals surface area contributed by atoms with Crippen LogP contribution in [0.3, 0.4) is 0 Å². The summed E-state index contributed by atoms with van der Waals surface area (Å²) in [6.45, 7) is 1.56. The van der Waals surface area contributed by atoms with Gasteiger partial charge in [0.05, 0.1) is 11.6 Å². The van der Waals surface area contributed by atoms with Gasteiger partial charge in [0, 0.05) is 6.07 Å². The molecule has 1 heterocycles. The van der Waals surface area contributed by atoms with Crippen molar-refractivity contribution in [1.82, 2.24) is 15.3 Å². The van der Waals surface area contributed by atoms with Crippen LogP contribution in [0.15, 0.2) is 35.1 Å². The molecule has 132 valence electrons. The molecule has 0 bridgehead atoms. The Bertz CT molecular complexity index is 839. The van der Waals surface area contributed by atoms with Gasteiger partial charge in [-0.05, 0) is 43.4 Å². The van der Waals surface area contributed by atoms with Gasteiger partial charge >= 0.3 is 6.18 Å². The predicted molar refractivity (Wildman–Crippen MR) is 84.0 cm³/mol. The van der Waals surface area contributed by atoms with Crippen LogP contribution in [0, 0.1) is 12.8 Å². The van der Waals surface area contributed by atoms with Crippen LogP contribution in [0.25, 0.3) is 0 Å². The van der Waals surface area contributed by atoms with E-state index in [1.165, 1.54) is 12.1 Å². The van der Waals surface area contributed by atoms with E-state index >= 15 is 0 Å². The standard InChI is InChI=1S/C17H16F3N3O2/c1-9-21-13(8-14(24)22-9)16(25)23-15(10-2-3-10)11-4-6-12(7-5-11)17(18,19)20/h4-8,10,15H,2-3H2,1H3,(H,23,25)(H,21,22,24). The molecule has 2 aromatic rings. The number of aromatic amines is 1. The number of alkyl halides is 3. The lowest BCUT2D eigenvalue weighted by molar-refractivity contribution is -0.137. The Hall–Kier alpha value is -2.64. The van der Waals surface area contributed by atoms with Crippen LogP contribution in [0.1, 0.15) is 46.3 Å². The van der Waals surface area contributed by atoms with Gasteiger partial charge < -0.3 is 10.3 Å². The zero-order valence-electron chi connectivity index (χ0n) is 13.4. The van der Waals surface area contributed by atoms with Crippen molar-refractivity contribution in [1.29, 1.82) is 0 Å². The summed E-state index contributed by atoms with van der Waals surface area (Å²) in [6.07, 6.45) is -2.63. The van der Waals surface area contributed by atoms with Crippen LogP contribution in [-0.4, -0.2) is 15.9 Å². The largest absolute Gasteiger partial charge is 0.416 e. The van der Waals surface area contributed by atoms with E-state index in [9.17, 15) is 22.8 Å². The number of halogens is 3. The zero-order valence-corrected chi connectivity index (χ0v) is 13.4. The maximum absolute atomic E-state index is 12.7. The molecule has 1 aliphatic rings. The Morgan fingerprint density at radius 1 is 1.28 bits per heavy atom. The Kier molecular flexibility index (Phi) is 4.36. The maximum atomic E-state index is 12.7. The van der Waals surface area contributed by atoms with E-state index < -0.39 is 29.2 Å². The highest BCUT2D eigenvalue weighted by Crippen LogP contribution is 2.41. The van der Waals surface area contributed by atoms with E-state index in [4.69, 9.17) is 0 Å². The molecule has 1 saturated carbocycles. The molecule has 1 fully saturated rings. The van der Waals surface area contributed by atoms with Gasteiger partial charge in [-0.2, -0.15) is 13.2 Å². The van der Waals surface area contributed by atoms with Gasteiger partial charge in [-0.3, -0.25) is 9.59 Å². The summed E-state index contributed by atoms with van der Waals surface area (Å²) in [6, 6.07) is 5.46. The van der Waals surface area contributed by atoms with Crippen molar-refractivity contribution >= 4 is 5.91 Å². The normalized spacial score (nSPS) is 15.7. The average Bonchev–Trinajstić information content (AvgIpc) is 3.35. The van der Waals surface area contributed by atoms with Crippen molar-refractivity contribution in [3.05, 3.63) is 63.3 Å². The lowest BCUT2D eigenvalue weighted by atomic mass is 10.0. The molecular formula is C17H16F3N3O2. The summed E-state index contributed by atoms with van der Waals surface area (Å²) in [5.74, 6) is -0.0371. The Morgan fingerprint density at radius 2 is 1.92 bits per heavy atom. The fourth-order valence-corrected chi connectivity index (χ4v) is 2.69. The van der Waals surface area contributed by atoms with Crippen molar-refractivity contribution < 1.29 is 18.0 Å². The van der Waals surface area contributed by atoms with Gasteiger partial charge in [-0.25, -0.2) is 4.98 Å². The highest BCUT2D eigenvalue weighted by atomic mass is 19.4. The molecule has 1 aromatic carbocycles. The number of nitrogens with zero attached hydrogens (tertiary/aromatic N) is 1. The molecular weight excluding hydrogens is 335 g/mol. The number of hydrogen-bond acceptors (Lipinski definition) is 3. The third-order valence-electron chi connectivity index (χ3n) is 4.07. The summed E-state index contributed by atoms with van der Waals surface area (Å²) in [7, 11) is 0. The Morgan fingerprint density at radius 3 is 2.44 bits per heavy atom. The molecule has 3 rings (SSSR count). The van der Waals surface area contributed by atoms with Gasteiger partial charge in [-0.15, -0.1) is 0 Å². The minimum absolute atomic E-state index is 0.0150. The molecule has 25 heavy (non-hydrogen) atoms. The molecule has 0 spiro atoms. The van der Waals surface area contributed by atoms with Gasteiger partial charge in [0.2, 0.25) is 0 Å². The molecule has 5 nitrogen and oxygen atoms in total. The van der Waals surface area contributed by atoms with Crippen LogP contribution in [-0.2, 0) is 6.18 Å². The summed E-state index contributed by atoms with van der Waals surface area (Å²) in [4.78, 5) is 30.3. The maximum Gasteiger partial charge on any atom is 0.416 e. The summed E-state index contributed by atoms with van der Waals surface area (Å²) in [5, 5.41) is 2.79. The molecule has 1 amide bonds. The number of aryl methyl sites for hydroxylation is 1. The van der Waals surface area contributed by atoms with Crippen LogP contribution in [0.5, 0.6) is 0 Å². The molecule has 8 heteroatoms. The molecule has 1 aromatic heterocycles. The minimum Gasteiger partial charge on any atom is -0.344 e. The van der Waals surface area contributed by atoms with E-state index in [-0.39, 0.29) is 11.6 Å². The highest BCUT2D eigenvalue weighted by molar-refractivity contribution is 5.92. The van der Waals surface area contributed by atoms with Crippen LogP contribution >= 0.6 is 0 Å². The summed E-state index contributed by atoms with van der Waals surface area (Å²) >= 11 is 0. The predicted octanol–water partition coefficient (Wildman–Crippen LogP) is 2.98. The fraction of sp³-hybridized carbons (Fsp3) is 0.353. The van der Waals surface area contributed by atoms with Crippen molar-refractivity contribution in [3.8, 4) is 0 Å². The number of aromatic nitrogens is 2. The monoisotopic (exact) mass is 351 g/mol. The minimum atomic E-state index is -4.40. The van der Waals surface area contributed by atoms with Gasteiger partial charge in [0.25, 0.3) is 11.5 Å². The van der Waals surface area contributed by atoms with E-state index in [0.717, 1.165) is 31.0 Å². The summed E-state index contributed by atoms with van der Waals surface area (Å²) < 4.78 is 38.1. The number of benzene rings is 1. The van der Waals surface area contributed by atoms with E-state index in [1.807, 2.05) is 0 Å². The van der Waals surface area contributed by atoms with Gasteiger partial charge in [0.1, 0.15) is 11.5 Å². The first-order valence-corrected chi connectivity index (χ1v) is 7.80. The summed E-state index contributed by atoms with van der Waals surface area (Å²) in [5.41, 5.74) is -0.580. The second-order valence-corrected chi connectivity index (χ2v) is 6.12. The van der Waals surface area contributed by atoms with Gasteiger partial charge in [0.15, 0.2) is 0 Å². The number of amides is 1. The first kappa shape index (κ1) is 17.2. The second-order valence-electron chi connectivity index (χ2n) is 6.12. The number of carbonyl (C=O) groups excluding carboxylic acids is 1. The van der Waals surface area contributed by atoms with Crippen molar-refractivity contribution in [2.45, 2.75) is 32.0 Å². The van der Waals surface area contributed by atoms with Crippen molar-refractivity contribution in [3.63, 3.8) is 0 Å². The van der Waals surface area contributed by atoms with E-state index in [0.29, 0.717) is 11.4 Å². The molecule has 1 unspecified atom stereocenters. The third kappa shape index (κ3) is 4.07. The molecule has 1 atom stereocenters. The number of nitrogens with one attached hydrogen (secondary N) is 2. The quantitative estimate of drug-likeness (QED) is 0.889. The second kappa shape index (κ2) is 6.34. The Balaban J connectivity index is 1.82. The fourth-order valence-electron chi connectivity index (χ4n) is 2.69. The SMILES string of the molecule is Cc1nc(C(=O)NC(c2ccc(C(F)(F)F)cc2)C2CC2)cc(=O)[nH]1. The smallest absolute Gasteiger partial charge is 0.344 e. The topological polar surface area (TPSA) is 74.8 Å². The zero-order chi connectivity index (χ0) is 18.2. The van der Waals surface area contributed by atoms with Crippen molar-refractivity contribution in [2.75, 3.05) is 0 Å². The molecule has 0 aliphatic heterocycles. The lowest BCUT2D eigenvalue weighted by Gasteiger charge is -2.19. The van der Waals surface area contributed by atoms with E-state index in [2.05, 4.69) is 15.3 Å². The number of carbonyl (C=O) groups is 1. The van der Waals surface area contributed by atoms with E-state index in [1.54, 1.807) is 6.92 Å². The highest BCUT2D eigenvalue weighted by Gasteiger charge is 2.35. The molecule has 2 N–H and O–H groups in total. The number of hydrogen-bond donors (Lipinski definition) is 2. The third-order valence-corrected chi connectivity index (χ3v) is 4.07. The van der Waals surface area contributed by atoms with Crippen LogP contribution < -0.4 is 10.9 Å². The van der Waals surface area contributed by atoms with Gasteiger partial charge in [-0.1, -0.05) is 12.1 Å². The van der Waals surface area contributed by atoms with Crippen LogP contribution in [0.2, 0.25) is 0 Å². The first-order chi connectivity index (χ1) is 11.7. The number of rotatable bonds is 4. The number of H-pyrrole nitrogens is 1. The molecule has 1 aliphatic carbocycles. The first-order valence-electron chi connectivity index (χ1n) is 7.80. The van der Waals surface area contributed by atoms with Crippen molar-refractivity contribution in [2.24, 2.45) is 5.92 Å². The lowest BCUT2D eigenvalue weighted by Crippen LogP contribution is -2.31. The average molecular weight is 351 g/mol. The molecule has 0 radical (unpaired) electrons.